The Morgan fingerprint density at radius 2 is 1.50 bits per heavy atom. The van der Waals surface area contributed by atoms with Crippen molar-refractivity contribution in [1.82, 2.24) is 5.32 Å². The van der Waals surface area contributed by atoms with Crippen molar-refractivity contribution in [2.45, 2.75) is 68.3 Å². The minimum absolute atomic E-state index is 0.574. The Labute approximate surface area is 148 Å². The van der Waals surface area contributed by atoms with Crippen molar-refractivity contribution in [3.63, 3.8) is 0 Å². The number of carbonyl (C=O) groups excluding carboxylic acids is 1. The van der Waals surface area contributed by atoms with E-state index in [-0.39, 0.29) is 0 Å². The van der Waals surface area contributed by atoms with E-state index in [0.717, 1.165) is 6.92 Å². The predicted molar refractivity (Wildman–Crippen MR) is 80.2 cm³/mol. The van der Waals surface area contributed by atoms with Crippen LogP contribution < -0.4 is 5.32 Å². The van der Waals surface area contributed by atoms with Crippen LogP contribution in [0.25, 0.3) is 0 Å². The molecule has 2 aliphatic rings. The summed E-state index contributed by atoms with van der Waals surface area (Å²) < 4.78 is 15.7. The molecule has 10 atom stereocenters. The zero-order valence-electron chi connectivity index (χ0n) is 14.0. The minimum atomic E-state index is -1.74. The molecule has 0 aromatic heterocycles. The normalized spacial score (nSPS) is 46.8. The highest BCUT2D eigenvalue weighted by Crippen LogP contribution is 2.28. The second-order valence-corrected chi connectivity index (χ2v) is 6.26. The lowest BCUT2D eigenvalue weighted by Crippen LogP contribution is -2.67. The molecule has 0 radical (unpaired) electrons. The predicted octanol–water partition coefficient (Wildman–Crippen LogP) is -5.25. The molecule has 2 saturated heterocycles. The molecular formula is C14H25NO11. The van der Waals surface area contributed by atoms with Gasteiger partial charge in [-0.1, -0.05) is 0 Å². The first-order chi connectivity index (χ1) is 12.2. The molecule has 12 nitrogen and oxygen atoms in total. The summed E-state index contributed by atoms with van der Waals surface area (Å²) in [5, 5.41) is 70.7. The Balaban J connectivity index is 2.21. The first-order valence-corrected chi connectivity index (χ1v) is 8.06. The number of hydrogen-bond acceptors (Lipinski definition) is 11. The van der Waals surface area contributed by atoms with Gasteiger partial charge in [0.2, 0.25) is 5.91 Å². The van der Waals surface area contributed by atoms with Crippen molar-refractivity contribution < 1.29 is 54.8 Å². The van der Waals surface area contributed by atoms with Crippen LogP contribution in [0.2, 0.25) is 0 Å². The Morgan fingerprint density at radius 1 is 0.923 bits per heavy atom. The van der Waals surface area contributed by atoms with E-state index in [2.05, 4.69) is 5.32 Å². The molecular weight excluding hydrogens is 358 g/mol. The van der Waals surface area contributed by atoms with E-state index in [1.807, 2.05) is 0 Å². The molecule has 0 saturated carbocycles. The van der Waals surface area contributed by atoms with Crippen LogP contribution in [-0.2, 0) is 19.0 Å². The molecule has 152 valence electrons. The fourth-order valence-electron chi connectivity index (χ4n) is 2.97. The molecule has 0 spiro atoms. The third-order valence-corrected chi connectivity index (χ3v) is 4.38. The molecule has 2 fully saturated rings. The molecule has 1 amide bonds. The van der Waals surface area contributed by atoms with E-state index >= 15 is 0 Å². The highest BCUT2D eigenvalue weighted by atomic mass is 16.7. The number of amides is 1. The van der Waals surface area contributed by atoms with Gasteiger partial charge >= 0.3 is 0 Å². The Bertz CT molecular complexity index is 478. The summed E-state index contributed by atoms with van der Waals surface area (Å²) in [7, 11) is 0. The molecule has 0 bridgehead atoms. The highest BCUT2D eigenvalue weighted by molar-refractivity contribution is 5.73. The van der Waals surface area contributed by atoms with Crippen LogP contribution >= 0.6 is 0 Å². The van der Waals surface area contributed by atoms with Crippen molar-refractivity contribution >= 4 is 5.91 Å². The molecule has 8 N–H and O–H groups in total. The van der Waals surface area contributed by atoms with E-state index < -0.39 is 80.5 Å². The molecule has 0 aromatic rings. The highest BCUT2D eigenvalue weighted by Gasteiger charge is 2.50. The molecule has 2 heterocycles. The average molecular weight is 383 g/mol. The summed E-state index contributed by atoms with van der Waals surface area (Å²) in [6.07, 6.45) is -13.7. The number of nitrogens with one attached hydrogen (secondary N) is 1. The van der Waals surface area contributed by atoms with Gasteiger partial charge in [0.05, 0.1) is 13.2 Å². The number of rotatable bonds is 5. The van der Waals surface area contributed by atoms with Gasteiger partial charge in [0.25, 0.3) is 0 Å². The lowest BCUT2D eigenvalue weighted by molar-refractivity contribution is -0.341. The Kier molecular flexibility index (Phi) is 7.27. The van der Waals surface area contributed by atoms with Gasteiger partial charge in [-0.05, 0) is 0 Å². The zero-order valence-corrected chi connectivity index (χ0v) is 14.0. The van der Waals surface area contributed by atoms with Gasteiger partial charge in [0, 0.05) is 6.92 Å². The van der Waals surface area contributed by atoms with Crippen LogP contribution in [0.15, 0.2) is 0 Å². The smallest absolute Gasteiger partial charge is 0.217 e. The molecule has 3 unspecified atom stereocenters. The topological polar surface area (TPSA) is 198 Å². The number of aliphatic hydroxyl groups excluding tert-OH is 7. The maximum atomic E-state index is 11.4. The van der Waals surface area contributed by atoms with Crippen molar-refractivity contribution in [3.8, 4) is 0 Å². The van der Waals surface area contributed by atoms with E-state index in [1.54, 1.807) is 0 Å². The fraction of sp³-hybridized carbons (Fsp3) is 0.929. The van der Waals surface area contributed by atoms with Gasteiger partial charge in [-0.2, -0.15) is 0 Å². The summed E-state index contributed by atoms with van der Waals surface area (Å²) in [4.78, 5) is 11.4. The molecule has 2 aliphatic heterocycles. The maximum Gasteiger partial charge on any atom is 0.217 e. The summed E-state index contributed by atoms with van der Waals surface area (Å²) in [5.74, 6) is -0.574. The van der Waals surface area contributed by atoms with Crippen LogP contribution in [0, 0.1) is 0 Å². The average Bonchev–Trinajstić information content (AvgIpc) is 2.60. The Hall–Kier alpha value is -0.930. The summed E-state index contributed by atoms with van der Waals surface area (Å²) >= 11 is 0. The van der Waals surface area contributed by atoms with Crippen LogP contribution in [0.3, 0.4) is 0 Å². The van der Waals surface area contributed by atoms with Crippen molar-refractivity contribution in [2.75, 3.05) is 13.2 Å². The molecule has 26 heavy (non-hydrogen) atoms. The van der Waals surface area contributed by atoms with Gasteiger partial charge in [-0.15, -0.1) is 0 Å². The second kappa shape index (κ2) is 8.84. The van der Waals surface area contributed by atoms with Crippen molar-refractivity contribution in [2.24, 2.45) is 0 Å². The van der Waals surface area contributed by atoms with Crippen LogP contribution in [0.1, 0.15) is 6.92 Å². The van der Waals surface area contributed by atoms with Gasteiger partial charge in [0.1, 0.15) is 48.8 Å². The standard InChI is InChI=1S/C14H25NO11/c1-4(18)15-7-12(9(20)6(3-17)24-13(7)23)26-14-11(22)10(21)8(19)5(2-16)25-14/h5-14,16-17,19-23H,2-3H2,1H3,(H,15,18)/t5?,6?,7-,8-,9+,10-,11-,12?,13+,14-/m0/s1. The fourth-order valence-corrected chi connectivity index (χ4v) is 2.97. The largest absolute Gasteiger partial charge is 0.394 e. The second-order valence-electron chi connectivity index (χ2n) is 6.26. The minimum Gasteiger partial charge on any atom is -0.394 e. The summed E-state index contributed by atoms with van der Waals surface area (Å²) in [6.45, 7) is -0.195. The first kappa shape index (κ1) is 21.4. The van der Waals surface area contributed by atoms with Gasteiger partial charge in [-0.25, -0.2) is 0 Å². The first-order valence-electron chi connectivity index (χ1n) is 8.06. The van der Waals surface area contributed by atoms with Crippen LogP contribution in [0.4, 0.5) is 0 Å². The number of ether oxygens (including phenoxy) is 3. The number of aliphatic hydroxyl groups is 7. The van der Waals surface area contributed by atoms with Gasteiger partial charge in [0.15, 0.2) is 12.6 Å². The van der Waals surface area contributed by atoms with Gasteiger partial charge in [-0.3, -0.25) is 4.79 Å². The van der Waals surface area contributed by atoms with E-state index in [4.69, 9.17) is 14.2 Å². The van der Waals surface area contributed by atoms with E-state index in [1.165, 1.54) is 0 Å². The molecule has 0 aliphatic carbocycles. The third-order valence-electron chi connectivity index (χ3n) is 4.38. The molecule has 2 rings (SSSR count). The quantitative estimate of drug-likeness (QED) is 0.226. The zero-order chi connectivity index (χ0) is 19.6. The van der Waals surface area contributed by atoms with E-state index in [0.29, 0.717) is 0 Å². The monoisotopic (exact) mass is 383 g/mol. The number of hydrogen-bond donors (Lipinski definition) is 8. The number of carbonyl (C=O) groups is 1. The SMILES string of the molecule is CC(=O)N[C@H]1C(O[C@@H]2OC(CO)[C@H](O)[C@H](O)[C@@H]2O)[C@H](O)C(CO)O[C@H]1O. The Morgan fingerprint density at radius 3 is 2.04 bits per heavy atom. The van der Waals surface area contributed by atoms with Gasteiger partial charge < -0.3 is 55.3 Å². The summed E-state index contributed by atoms with van der Waals surface area (Å²) in [5.41, 5.74) is 0. The van der Waals surface area contributed by atoms with Crippen molar-refractivity contribution in [3.05, 3.63) is 0 Å². The summed E-state index contributed by atoms with van der Waals surface area (Å²) in [6, 6.07) is -1.28. The molecule has 12 heteroatoms. The maximum absolute atomic E-state index is 11.4. The van der Waals surface area contributed by atoms with Crippen LogP contribution in [-0.4, -0.2) is 116 Å². The lowest BCUT2D eigenvalue weighted by Gasteiger charge is -2.46. The molecule has 0 aromatic carbocycles. The third kappa shape index (κ3) is 4.31. The van der Waals surface area contributed by atoms with E-state index in [9.17, 15) is 40.5 Å². The van der Waals surface area contributed by atoms with Crippen LogP contribution in [0.5, 0.6) is 0 Å². The lowest BCUT2D eigenvalue weighted by atomic mass is 9.95. The van der Waals surface area contributed by atoms with Crippen molar-refractivity contribution in [1.29, 1.82) is 0 Å².